The molecule has 0 spiro atoms. The Hall–Kier alpha value is -3.35. The molecule has 152 valence electrons. The zero-order valence-corrected chi connectivity index (χ0v) is 16.6. The molecule has 2 aromatic carbocycles. The van der Waals surface area contributed by atoms with Crippen LogP contribution in [0.3, 0.4) is 0 Å². The summed E-state index contributed by atoms with van der Waals surface area (Å²) in [6.07, 6.45) is 1.21. The van der Waals surface area contributed by atoms with Gasteiger partial charge in [0.05, 0.1) is 13.7 Å². The number of carbonyl (C=O) groups is 3. The first-order valence-corrected chi connectivity index (χ1v) is 9.64. The van der Waals surface area contributed by atoms with Gasteiger partial charge in [0, 0.05) is 12.1 Å². The Morgan fingerprint density at radius 3 is 2.55 bits per heavy atom. The normalized spacial score (nSPS) is 15.9. The van der Waals surface area contributed by atoms with Crippen molar-refractivity contribution in [1.29, 1.82) is 0 Å². The molecular weight excluding hydrogens is 370 g/mol. The van der Waals surface area contributed by atoms with Gasteiger partial charge in [0.1, 0.15) is 11.8 Å². The fraction of sp³-hybridized carbons (Fsp3) is 0.318. The quantitative estimate of drug-likeness (QED) is 0.673. The van der Waals surface area contributed by atoms with Gasteiger partial charge in [-0.2, -0.15) is 0 Å². The molecule has 7 heteroatoms. The number of nitrogens with one attached hydrogen (secondary N) is 2. The summed E-state index contributed by atoms with van der Waals surface area (Å²) in [6.45, 7) is 2.20. The van der Waals surface area contributed by atoms with Crippen molar-refractivity contribution in [1.82, 2.24) is 10.2 Å². The molecule has 1 fully saturated rings. The number of urea groups is 1. The van der Waals surface area contributed by atoms with E-state index in [0.717, 1.165) is 23.2 Å². The molecule has 0 aliphatic carbocycles. The van der Waals surface area contributed by atoms with Crippen LogP contribution in [0.4, 0.5) is 10.5 Å². The van der Waals surface area contributed by atoms with E-state index in [-0.39, 0.29) is 31.2 Å². The number of anilines is 1. The van der Waals surface area contributed by atoms with Crippen LogP contribution >= 0.6 is 0 Å². The second kappa shape index (κ2) is 9.23. The van der Waals surface area contributed by atoms with Crippen molar-refractivity contribution in [3.63, 3.8) is 0 Å². The number of aryl methyl sites for hydroxylation is 1. The number of hydrogen-bond acceptors (Lipinski definition) is 4. The van der Waals surface area contributed by atoms with Crippen molar-refractivity contribution in [2.75, 3.05) is 12.4 Å². The lowest BCUT2D eigenvalue weighted by Crippen LogP contribution is -2.31. The van der Waals surface area contributed by atoms with Crippen LogP contribution in [0.1, 0.15) is 30.9 Å². The van der Waals surface area contributed by atoms with E-state index in [4.69, 9.17) is 4.74 Å². The van der Waals surface area contributed by atoms with Crippen LogP contribution < -0.4 is 15.4 Å². The predicted octanol–water partition coefficient (Wildman–Crippen LogP) is 3.10. The maximum Gasteiger partial charge on any atom is 0.325 e. The lowest BCUT2D eigenvalue weighted by atomic mass is 10.1. The fourth-order valence-electron chi connectivity index (χ4n) is 3.27. The standard InChI is InChI=1S/C22H25N3O4/c1-3-16-6-4-5-7-18(16)23-20(26)13-12-19-21(27)25(22(28)24-19)14-15-8-10-17(29-2)11-9-15/h4-11,19H,3,12-14H2,1-2H3,(H,23,26)(H,24,28). The van der Waals surface area contributed by atoms with Crippen LogP contribution in [0.2, 0.25) is 0 Å². The van der Waals surface area contributed by atoms with Gasteiger partial charge < -0.3 is 15.4 Å². The molecule has 3 rings (SSSR count). The van der Waals surface area contributed by atoms with Gasteiger partial charge in [-0.1, -0.05) is 37.3 Å². The minimum Gasteiger partial charge on any atom is -0.497 e. The maximum atomic E-state index is 12.6. The van der Waals surface area contributed by atoms with Crippen LogP contribution in [0.15, 0.2) is 48.5 Å². The third kappa shape index (κ3) is 4.93. The summed E-state index contributed by atoms with van der Waals surface area (Å²) in [4.78, 5) is 38.3. The van der Waals surface area contributed by atoms with Gasteiger partial charge in [0.2, 0.25) is 5.91 Å². The summed E-state index contributed by atoms with van der Waals surface area (Å²) >= 11 is 0. The molecule has 0 aromatic heterocycles. The molecule has 1 unspecified atom stereocenters. The molecule has 0 radical (unpaired) electrons. The molecular formula is C22H25N3O4. The van der Waals surface area contributed by atoms with E-state index in [2.05, 4.69) is 10.6 Å². The Morgan fingerprint density at radius 1 is 1.14 bits per heavy atom. The van der Waals surface area contributed by atoms with Gasteiger partial charge in [-0.05, 0) is 42.2 Å². The van der Waals surface area contributed by atoms with E-state index in [1.807, 2.05) is 43.3 Å². The first-order valence-electron chi connectivity index (χ1n) is 9.64. The van der Waals surface area contributed by atoms with Crippen molar-refractivity contribution >= 4 is 23.5 Å². The van der Waals surface area contributed by atoms with Crippen LogP contribution in [0.25, 0.3) is 0 Å². The predicted molar refractivity (Wildman–Crippen MR) is 110 cm³/mol. The average molecular weight is 395 g/mol. The number of nitrogens with zero attached hydrogens (tertiary/aromatic N) is 1. The third-order valence-electron chi connectivity index (χ3n) is 4.94. The smallest absolute Gasteiger partial charge is 0.325 e. The zero-order chi connectivity index (χ0) is 20.8. The summed E-state index contributed by atoms with van der Waals surface area (Å²) in [5, 5.41) is 5.56. The van der Waals surface area contributed by atoms with E-state index in [1.54, 1.807) is 19.2 Å². The summed E-state index contributed by atoms with van der Waals surface area (Å²) in [5.74, 6) is 0.216. The molecule has 1 saturated heterocycles. The monoisotopic (exact) mass is 395 g/mol. The molecule has 0 saturated carbocycles. The number of methoxy groups -OCH3 is 1. The Morgan fingerprint density at radius 2 is 1.86 bits per heavy atom. The summed E-state index contributed by atoms with van der Waals surface area (Å²) in [5.41, 5.74) is 2.66. The van der Waals surface area contributed by atoms with Gasteiger partial charge in [-0.3, -0.25) is 14.5 Å². The number of para-hydroxylation sites is 1. The number of benzene rings is 2. The Kier molecular flexibility index (Phi) is 6.49. The van der Waals surface area contributed by atoms with Crippen LogP contribution in [-0.4, -0.2) is 35.9 Å². The largest absolute Gasteiger partial charge is 0.497 e. The molecule has 1 heterocycles. The lowest BCUT2D eigenvalue weighted by molar-refractivity contribution is -0.128. The van der Waals surface area contributed by atoms with E-state index < -0.39 is 12.1 Å². The van der Waals surface area contributed by atoms with Gasteiger partial charge in [-0.15, -0.1) is 0 Å². The fourth-order valence-corrected chi connectivity index (χ4v) is 3.27. The number of rotatable bonds is 8. The molecule has 7 nitrogen and oxygen atoms in total. The maximum absolute atomic E-state index is 12.6. The molecule has 1 atom stereocenters. The molecule has 1 aliphatic heterocycles. The number of carbonyl (C=O) groups excluding carboxylic acids is 3. The van der Waals surface area contributed by atoms with E-state index in [1.165, 1.54) is 4.90 Å². The second-order valence-corrected chi connectivity index (χ2v) is 6.87. The molecule has 2 aromatic rings. The van der Waals surface area contributed by atoms with Crippen molar-refractivity contribution < 1.29 is 19.1 Å². The lowest BCUT2D eigenvalue weighted by Gasteiger charge is -2.14. The molecule has 29 heavy (non-hydrogen) atoms. The highest BCUT2D eigenvalue weighted by atomic mass is 16.5. The molecule has 0 bridgehead atoms. The van der Waals surface area contributed by atoms with Gasteiger partial charge in [0.15, 0.2) is 0 Å². The van der Waals surface area contributed by atoms with Crippen molar-refractivity contribution in [3.8, 4) is 5.75 Å². The Bertz CT molecular complexity index is 895. The highest BCUT2D eigenvalue weighted by Gasteiger charge is 2.37. The minimum absolute atomic E-state index is 0.144. The number of imide groups is 1. The van der Waals surface area contributed by atoms with Crippen LogP contribution in [0.5, 0.6) is 5.75 Å². The SMILES string of the molecule is CCc1ccccc1NC(=O)CCC1NC(=O)N(Cc2ccc(OC)cc2)C1=O. The van der Waals surface area contributed by atoms with Crippen molar-refractivity contribution in [3.05, 3.63) is 59.7 Å². The average Bonchev–Trinajstić information content (AvgIpc) is 3.00. The highest BCUT2D eigenvalue weighted by molar-refractivity contribution is 6.04. The summed E-state index contributed by atoms with van der Waals surface area (Å²) in [6, 6.07) is 13.7. The van der Waals surface area contributed by atoms with Crippen LogP contribution in [0, 0.1) is 0 Å². The highest BCUT2D eigenvalue weighted by Crippen LogP contribution is 2.19. The topological polar surface area (TPSA) is 87.7 Å². The number of hydrogen-bond donors (Lipinski definition) is 2. The molecule has 2 N–H and O–H groups in total. The second-order valence-electron chi connectivity index (χ2n) is 6.87. The van der Waals surface area contributed by atoms with Crippen molar-refractivity contribution in [2.45, 2.75) is 38.8 Å². The first kappa shape index (κ1) is 20.4. The zero-order valence-electron chi connectivity index (χ0n) is 16.6. The van der Waals surface area contributed by atoms with Gasteiger partial charge >= 0.3 is 6.03 Å². The molecule has 4 amide bonds. The van der Waals surface area contributed by atoms with E-state index in [9.17, 15) is 14.4 Å². The number of ether oxygens (including phenoxy) is 1. The minimum atomic E-state index is -0.687. The molecule has 1 aliphatic rings. The van der Waals surface area contributed by atoms with E-state index in [0.29, 0.717) is 5.75 Å². The van der Waals surface area contributed by atoms with Gasteiger partial charge in [-0.25, -0.2) is 4.79 Å². The Balaban J connectivity index is 1.54. The summed E-state index contributed by atoms with van der Waals surface area (Å²) < 4.78 is 5.11. The van der Waals surface area contributed by atoms with Gasteiger partial charge in [0.25, 0.3) is 5.91 Å². The number of amides is 4. The van der Waals surface area contributed by atoms with Crippen LogP contribution in [-0.2, 0) is 22.6 Å². The third-order valence-corrected chi connectivity index (χ3v) is 4.94. The first-order chi connectivity index (χ1) is 14.0. The van der Waals surface area contributed by atoms with E-state index >= 15 is 0 Å². The van der Waals surface area contributed by atoms with Crippen molar-refractivity contribution in [2.24, 2.45) is 0 Å². The Labute approximate surface area is 170 Å². The summed E-state index contributed by atoms with van der Waals surface area (Å²) in [7, 11) is 1.58.